The number of benzene rings is 5. The van der Waals surface area contributed by atoms with Gasteiger partial charge in [-0.25, -0.2) is 0 Å². The van der Waals surface area contributed by atoms with E-state index in [9.17, 15) is 28.8 Å². The molecule has 2 aliphatic heterocycles. The molecule has 5 aromatic rings. The van der Waals surface area contributed by atoms with E-state index in [0.717, 1.165) is 47.9 Å². The normalized spacial score (nSPS) is 29.6. The molecule has 12 heteroatoms. The van der Waals surface area contributed by atoms with Gasteiger partial charge in [0, 0.05) is 85.1 Å². The predicted molar refractivity (Wildman–Crippen MR) is 255 cm³/mol. The van der Waals surface area contributed by atoms with Crippen LogP contribution in [-0.4, -0.2) is 95.6 Å². The molecule has 12 nitrogen and oxygen atoms in total. The number of hydrogen-bond donors (Lipinski definition) is 4. The van der Waals surface area contributed by atoms with Gasteiger partial charge < -0.3 is 31.1 Å². The molecule has 4 saturated carbocycles. The van der Waals surface area contributed by atoms with Crippen LogP contribution in [0.5, 0.6) is 0 Å². The van der Waals surface area contributed by atoms with E-state index >= 15 is 0 Å². The van der Waals surface area contributed by atoms with E-state index in [2.05, 4.69) is 69.8 Å². The summed E-state index contributed by atoms with van der Waals surface area (Å²) in [4.78, 5) is 87.5. The van der Waals surface area contributed by atoms with Gasteiger partial charge in [0.2, 0.25) is 23.6 Å². The average Bonchev–Trinajstić information content (AvgIpc) is 4.31. The van der Waals surface area contributed by atoms with Crippen molar-refractivity contribution in [2.45, 2.75) is 73.5 Å². The van der Waals surface area contributed by atoms with Crippen molar-refractivity contribution in [3.63, 3.8) is 0 Å². The molecule has 4 N–H and O–H groups in total. The molecule has 6 amide bonds. The molecule has 12 atom stereocenters. The number of carbonyl (C=O) groups is 6. The zero-order valence-corrected chi connectivity index (χ0v) is 37.8. The zero-order valence-electron chi connectivity index (χ0n) is 37.8. The van der Waals surface area contributed by atoms with E-state index in [-0.39, 0.29) is 109 Å². The minimum Gasteiger partial charge on any atom is -0.352 e. The highest BCUT2D eigenvalue weighted by Gasteiger charge is 2.51. The van der Waals surface area contributed by atoms with E-state index in [1.807, 2.05) is 72.8 Å². The van der Waals surface area contributed by atoms with Crippen molar-refractivity contribution in [2.24, 2.45) is 23.7 Å². The first kappa shape index (κ1) is 43.5. The number of nitrogens with zero attached hydrogens (tertiary/aromatic N) is 2. The first-order valence-electron chi connectivity index (χ1n) is 24.3. The number of carbonyl (C=O) groups excluding carboxylic acids is 6. The smallest absolute Gasteiger partial charge is 0.253 e. The summed E-state index contributed by atoms with van der Waals surface area (Å²) in [6.45, 7) is 0.331. The molecule has 6 fully saturated rings. The summed E-state index contributed by atoms with van der Waals surface area (Å²) >= 11 is 0. The van der Waals surface area contributed by atoms with Gasteiger partial charge in [-0.15, -0.1) is 0 Å². The van der Waals surface area contributed by atoms with Gasteiger partial charge in [-0.1, -0.05) is 121 Å². The van der Waals surface area contributed by atoms with Gasteiger partial charge in [0.25, 0.3) is 11.8 Å². The van der Waals surface area contributed by atoms with Crippen LogP contribution >= 0.6 is 0 Å². The van der Waals surface area contributed by atoms with E-state index in [4.69, 9.17) is 0 Å². The van der Waals surface area contributed by atoms with Crippen LogP contribution in [-0.2, 0) is 19.2 Å². The highest BCUT2D eigenvalue weighted by molar-refractivity contribution is 6.00. The fourth-order valence-electron chi connectivity index (χ4n) is 11.0. The topological polar surface area (TPSA) is 157 Å². The molecule has 0 aromatic heterocycles. The quantitative estimate of drug-likeness (QED) is 0.111. The second kappa shape index (κ2) is 18.2. The van der Waals surface area contributed by atoms with Gasteiger partial charge in [-0.3, -0.25) is 28.8 Å². The Labute approximate surface area is 396 Å². The lowest BCUT2D eigenvalue weighted by atomic mass is 9.94. The number of hydrogen-bond acceptors (Lipinski definition) is 6. The minimum absolute atomic E-state index is 0.0327. The molecule has 4 aliphatic carbocycles. The maximum absolute atomic E-state index is 14.2. The molecule has 11 rings (SSSR count). The van der Waals surface area contributed by atoms with Crippen LogP contribution in [0.3, 0.4) is 0 Å². The van der Waals surface area contributed by atoms with Gasteiger partial charge in [-0.05, 0) is 72.2 Å². The van der Waals surface area contributed by atoms with Crippen molar-refractivity contribution in [1.82, 2.24) is 31.1 Å². The summed E-state index contributed by atoms with van der Waals surface area (Å²) in [6.07, 6.45) is 3.27. The third-order valence-electron chi connectivity index (χ3n) is 15.3. The molecule has 0 unspecified atom stereocenters. The van der Waals surface area contributed by atoms with Crippen LogP contribution in [0, 0.1) is 23.7 Å². The Morgan fingerprint density at radius 2 is 0.544 bits per heavy atom. The minimum atomic E-state index is -0.732. The monoisotopic (exact) mass is 908 g/mol. The fraction of sp³-hybridized carbons (Fsp3) is 0.357. The summed E-state index contributed by atoms with van der Waals surface area (Å²) in [5.74, 6) is -3.68. The summed E-state index contributed by atoms with van der Waals surface area (Å²) in [7, 11) is 0. The van der Waals surface area contributed by atoms with E-state index < -0.39 is 23.7 Å². The molecular formula is C56H56N6O6. The average molecular weight is 909 g/mol. The van der Waals surface area contributed by atoms with Gasteiger partial charge in [0.15, 0.2) is 0 Å². The highest BCUT2D eigenvalue weighted by atomic mass is 16.2. The van der Waals surface area contributed by atoms with Gasteiger partial charge >= 0.3 is 0 Å². The molecule has 346 valence electrons. The van der Waals surface area contributed by atoms with Crippen molar-refractivity contribution >= 4 is 35.4 Å². The zero-order chi connectivity index (χ0) is 46.5. The lowest BCUT2D eigenvalue weighted by Gasteiger charge is -2.18. The summed E-state index contributed by atoms with van der Waals surface area (Å²) in [6, 6.07) is 46.5. The van der Waals surface area contributed by atoms with Gasteiger partial charge in [-0.2, -0.15) is 0 Å². The largest absolute Gasteiger partial charge is 0.352 e. The van der Waals surface area contributed by atoms with E-state index in [1.165, 1.54) is 0 Å². The Morgan fingerprint density at radius 1 is 0.324 bits per heavy atom. The van der Waals surface area contributed by atoms with Crippen molar-refractivity contribution < 1.29 is 28.8 Å². The molecule has 2 saturated heterocycles. The van der Waals surface area contributed by atoms with E-state index in [1.54, 1.807) is 34.1 Å². The maximum atomic E-state index is 14.2. The summed E-state index contributed by atoms with van der Waals surface area (Å²) in [5.41, 5.74) is 5.30. The highest BCUT2D eigenvalue weighted by Crippen LogP contribution is 2.44. The van der Waals surface area contributed by atoms with Crippen molar-refractivity contribution in [3.05, 3.63) is 179 Å². The van der Waals surface area contributed by atoms with Crippen molar-refractivity contribution in [1.29, 1.82) is 0 Å². The number of nitrogens with one attached hydrogen (secondary N) is 4. The van der Waals surface area contributed by atoms with E-state index in [0.29, 0.717) is 11.1 Å². The van der Waals surface area contributed by atoms with Crippen molar-refractivity contribution in [2.75, 3.05) is 26.2 Å². The lowest BCUT2D eigenvalue weighted by Crippen LogP contribution is -2.43. The molecule has 5 aromatic carbocycles. The molecule has 2 heterocycles. The summed E-state index contributed by atoms with van der Waals surface area (Å²) in [5, 5.41) is 12.8. The van der Waals surface area contributed by atoms with Crippen LogP contribution < -0.4 is 21.3 Å². The predicted octanol–water partition coefficient (Wildman–Crippen LogP) is 5.75. The second-order valence-corrected chi connectivity index (χ2v) is 19.9. The number of rotatable bonds is 14. The molecule has 0 bridgehead atoms. The Morgan fingerprint density at radius 3 is 0.765 bits per heavy atom. The molecule has 0 radical (unpaired) electrons. The third kappa shape index (κ3) is 9.16. The standard InChI is InChI=1S/C56H56N6O6/c63-51(57-47-25-39(47)33-13-5-1-6-14-33)43-29-61(30-44(43)52(64)58-48-26-40(48)34-15-7-2-8-16-34)55(67)37-21-23-38(24-22-37)56(68)62-31-45(53(65)59-49-27-41(49)35-17-9-3-10-18-35)46(32-62)54(66)60-50-28-42(50)36-19-11-4-12-20-36/h1-24,39-50H,25-32H2,(H,57,63)(H,58,64)(H,59,65)(H,60,66)/t39-,40-,41-,42-,43-,44-,45-,46-,47+,48+,49+,50+/m1/s1. The van der Waals surface area contributed by atoms with Crippen molar-refractivity contribution in [3.8, 4) is 0 Å². The van der Waals surface area contributed by atoms with Crippen LogP contribution in [0.2, 0.25) is 0 Å². The number of amides is 6. The Bertz CT molecular complexity index is 2370. The number of likely N-dealkylation sites (tertiary alicyclic amines) is 2. The van der Waals surface area contributed by atoms with Gasteiger partial charge in [0.1, 0.15) is 0 Å². The first-order chi connectivity index (χ1) is 33.2. The molecule has 68 heavy (non-hydrogen) atoms. The Kier molecular flexibility index (Phi) is 11.6. The van der Waals surface area contributed by atoms with Crippen LogP contribution in [0.1, 0.15) is 92.3 Å². The second-order valence-electron chi connectivity index (χ2n) is 19.9. The first-order valence-corrected chi connectivity index (χ1v) is 24.3. The fourth-order valence-corrected chi connectivity index (χ4v) is 11.0. The Hall–Kier alpha value is -7.08. The molecule has 0 spiro atoms. The van der Waals surface area contributed by atoms with Crippen LogP contribution in [0.15, 0.2) is 146 Å². The van der Waals surface area contributed by atoms with Crippen LogP contribution in [0.4, 0.5) is 0 Å². The molecular weight excluding hydrogens is 853 g/mol. The Balaban J connectivity index is 0.756. The SMILES string of the molecule is O=C(N[C@H]1C[C@@H]1c1ccccc1)[C@@H]1CN(C(=O)c2ccc(C(=O)N3C[C@@H](C(=O)N[C@H]4C[C@@H]4c4ccccc4)[C@H](C(=O)N[C@H]4C[C@@H]4c4ccccc4)C3)cc2)C[C@H]1C(=O)N[C@H]1C[C@@H]1c1ccccc1. The lowest BCUT2D eigenvalue weighted by molar-refractivity contribution is -0.133. The summed E-state index contributed by atoms with van der Waals surface area (Å²) < 4.78 is 0. The van der Waals surface area contributed by atoms with Gasteiger partial charge in [0.05, 0.1) is 23.7 Å². The third-order valence-corrected chi connectivity index (χ3v) is 15.3. The maximum Gasteiger partial charge on any atom is 0.253 e. The molecule has 6 aliphatic rings. The van der Waals surface area contributed by atoms with Crippen LogP contribution in [0.25, 0.3) is 0 Å².